The number of nitrogens with one attached hydrogen (secondary N) is 2. The van der Waals surface area contributed by atoms with Crippen LogP contribution in [-0.2, 0) is 10.2 Å². The van der Waals surface area contributed by atoms with E-state index in [1.807, 2.05) is 13.8 Å². The fourth-order valence-corrected chi connectivity index (χ4v) is 2.38. The van der Waals surface area contributed by atoms with Crippen LogP contribution in [0.1, 0.15) is 36.7 Å². The highest BCUT2D eigenvalue weighted by molar-refractivity contribution is 5.92. The van der Waals surface area contributed by atoms with E-state index in [1.54, 1.807) is 43.3 Å². The van der Waals surface area contributed by atoms with Crippen LogP contribution in [-0.4, -0.2) is 25.2 Å². The molecule has 0 aromatic heterocycles. The molecule has 0 aliphatic heterocycles. The summed E-state index contributed by atoms with van der Waals surface area (Å²) < 4.78 is 18.0. The molecule has 2 amide bonds. The quantitative estimate of drug-likeness (QED) is 0.764. The molecule has 0 radical (unpaired) electrons. The average Bonchev–Trinajstić information content (AvgIpc) is 2.61. The predicted molar refractivity (Wildman–Crippen MR) is 98.8 cm³/mol. The molecule has 2 N–H and O–H groups in total. The molecule has 2 aromatic carbocycles. The zero-order valence-electron chi connectivity index (χ0n) is 15.1. The molecule has 26 heavy (non-hydrogen) atoms. The summed E-state index contributed by atoms with van der Waals surface area (Å²) in [6, 6.07) is 12.3. The lowest BCUT2D eigenvalue weighted by Gasteiger charge is -2.25. The first-order chi connectivity index (χ1) is 12.3. The van der Waals surface area contributed by atoms with Crippen molar-refractivity contribution in [2.24, 2.45) is 0 Å². The molecule has 0 atom stereocenters. The lowest BCUT2D eigenvalue weighted by Crippen LogP contribution is -2.39. The van der Waals surface area contributed by atoms with Crippen molar-refractivity contribution >= 4 is 17.7 Å². The first-order valence-corrected chi connectivity index (χ1v) is 8.40. The van der Waals surface area contributed by atoms with Gasteiger partial charge in [-0.05, 0) is 48.9 Å². The topological polar surface area (TPSA) is 67.4 Å². The molecule has 0 unspecified atom stereocenters. The van der Waals surface area contributed by atoms with Gasteiger partial charge in [0.25, 0.3) is 0 Å². The van der Waals surface area contributed by atoms with Crippen LogP contribution >= 0.6 is 0 Å². The fraction of sp³-hybridized carbons (Fsp3) is 0.300. The van der Waals surface area contributed by atoms with E-state index in [2.05, 4.69) is 10.6 Å². The minimum Gasteiger partial charge on any atom is -0.462 e. The van der Waals surface area contributed by atoms with Crippen molar-refractivity contribution in [3.8, 4) is 0 Å². The number of urea groups is 1. The lowest BCUT2D eigenvalue weighted by atomic mass is 9.84. The van der Waals surface area contributed by atoms with Crippen molar-refractivity contribution in [2.45, 2.75) is 26.2 Å². The largest absolute Gasteiger partial charge is 0.462 e. The van der Waals surface area contributed by atoms with E-state index < -0.39 is 5.97 Å². The zero-order chi connectivity index (χ0) is 19.2. The van der Waals surface area contributed by atoms with Crippen molar-refractivity contribution in [1.82, 2.24) is 5.32 Å². The van der Waals surface area contributed by atoms with Crippen molar-refractivity contribution in [3.63, 3.8) is 0 Å². The van der Waals surface area contributed by atoms with Crippen LogP contribution in [0.15, 0.2) is 48.5 Å². The smallest absolute Gasteiger partial charge is 0.338 e. The third kappa shape index (κ3) is 5.31. The molecule has 0 fully saturated rings. The number of esters is 1. The number of ether oxygens (including phenoxy) is 1. The van der Waals surface area contributed by atoms with E-state index in [9.17, 15) is 14.0 Å². The van der Waals surface area contributed by atoms with Gasteiger partial charge in [0, 0.05) is 17.6 Å². The monoisotopic (exact) mass is 358 g/mol. The molecule has 0 saturated heterocycles. The van der Waals surface area contributed by atoms with Gasteiger partial charge in [-0.2, -0.15) is 0 Å². The number of hydrogen-bond acceptors (Lipinski definition) is 3. The first kappa shape index (κ1) is 19.4. The van der Waals surface area contributed by atoms with E-state index in [0.29, 0.717) is 24.4 Å². The Balaban J connectivity index is 1.90. The average molecular weight is 358 g/mol. The molecule has 5 nitrogen and oxygen atoms in total. The van der Waals surface area contributed by atoms with Gasteiger partial charge < -0.3 is 15.4 Å². The Morgan fingerprint density at radius 2 is 1.65 bits per heavy atom. The van der Waals surface area contributed by atoms with Crippen LogP contribution in [0, 0.1) is 5.82 Å². The number of carbonyl (C=O) groups excluding carboxylic acids is 2. The molecule has 0 aliphatic rings. The summed E-state index contributed by atoms with van der Waals surface area (Å²) >= 11 is 0. The molecule has 0 aliphatic carbocycles. The van der Waals surface area contributed by atoms with Gasteiger partial charge in [0.2, 0.25) is 0 Å². The Labute approximate surface area is 152 Å². The Hall–Kier alpha value is -2.89. The number of anilines is 1. The first-order valence-electron chi connectivity index (χ1n) is 8.40. The minimum atomic E-state index is -0.399. The molecule has 0 saturated carbocycles. The van der Waals surface area contributed by atoms with E-state index in [0.717, 1.165) is 5.56 Å². The molecule has 2 rings (SSSR count). The highest BCUT2D eigenvalue weighted by atomic mass is 19.1. The number of hydrogen-bond donors (Lipinski definition) is 2. The van der Waals surface area contributed by atoms with Gasteiger partial charge in [-0.15, -0.1) is 0 Å². The van der Waals surface area contributed by atoms with Gasteiger partial charge in [-0.1, -0.05) is 26.0 Å². The van der Waals surface area contributed by atoms with Crippen molar-refractivity contribution in [3.05, 3.63) is 65.5 Å². The number of carbonyl (C=O) groups is 2. The SMILES string of the molecule is CCOC(=O)c1ccc(NC(=O)NCC(C)(C)c2ccc(F)cc2)cc1. The van der Waals surface area contributed by atoms with Gasteiger partial charge >= 0.3 is 12.0 Å². The summed E-state index contributed by atoms with van der Waals surface area (Å²) in [7, 11) is 0. The lowest BCUT2D eigenvalue weighted by molar-refractivity contribution is 0.0526. The van der Waals surface area contributed by atoms with Crippen LogP contribution < -0.4 is 10.6 Å². The Morgan fingerprint density at radius 3 is 2.23 bits per heavy atom. The summed E-state index contributed by atoms with van der Waals surface area (Å²) in [6.07, 6.45) is 0. The summed E-state index contributed by atoms with van der Waals surface area (Å²) in [5.41, 5.74) is 1.57. The zero-order valence-corrected chi connectivity index (χ0v) is 15.1. The highest BCUT2D eigenvalue weighted by Gasteiger charge is 2.21. The maximum Gasteiger partial charge on any atom is 0.338 e. The van der Waals surface area contributed by atoms with Gasteiger partial charge in [-0.25, -0.2) is 14.0 Å². The molecule has 2 aromatic rings. The second-order valence-electron chi connectivity index (χ2n) is 6.50. The predicted octanol–water partition coefficient (Wildman–Crippen LogP) is 4.10. The maximum absolute atomic E-state index is 13.0. The molecule has 138 valence electrons. The standard InChI is InChI=1S/C20H23FN2O3/c1-4-26-18(24)14-5-11-17(12-6-14)23-19(25)22-13-20(2,3)15-7-9-16(21)10-8-15/h5-12H,4,13H2,1-3H3,(H2,22,23,25). The third-order valence-corrected chi connectivity index (χ3v) is 3.97. The molecule has 0 bridgehead atoms. The number of amides is 2. The molecular formula is C20H23FN2O3. The van der Waals surface area contributed by atoms with Gasteiger partial charge in [0.05, 0.1) is 12.2 Å². The summed E-state index contributed by atoms with van der Waals surface area (Å²) in [6.45, 7) is 6.37. The van der Waals surface area contributed by atoms with Crippen molar-refractivity contribution in [1.29, 1.82) is 0 Å². The van der Waals surface area contributed by atoms with Gasteiger partial charge in [-0.3, -0.25) is 0 Å². The summed E-state index contributed by atoms with van der Waals surface area (Å²) in [4.78, 5) is 23.7. The van der Waals surface area contributed by atoms with Gasteiger partial charge in [0.1, 0.15) is 5.82 Å². The van der Waals surface area contributed by atoms with Crippen LogP contribution in [0.3, 0.4) is 0 Å². The molecule has 0 heterocycles. The Morgan fingerprint density at radius 1 is 1.04 bits per heavy atom. The maximum atomic E-state index is 13.0. The fourth-order valence-electron chi connectivity index (χ4n) is 2.38. The third-order valence-electron chi connectivity index (χ3n) is 3.97. The number of rotatable bonds is 6. The Kier molecular flexibility index (Phi) is 6.33. The molecular weight excluding hydrogens is 335 g/mol. The van der Waals surface area contributed by atoms with Gasteiger partial charge in [0.15, 0.2) is 0 Å². The minimum absolute atomic E-state index is 0.290. The second-order valence-corrected chi connectivity index (χ2v) is 6.50. The second kappa shape index (κ2) is 8.47. The summed E-state index contributed by atoms with van der Waals surface area (Å²) in [5, 5.41) is 5.52. The van der Waals surface area contributed by atoms with E-state index in [-0.39, 0.29) is 17.3 Å². The Bertz CT molecular complexity index is 756. The molecule has 0 spiro atoms. The van der Waals surface area contributed by atoms with Crippen LogP contribution in [0.5, 0.6) is 0 Å². The van der Waals surface area contributed by atoms with Crippen LogP contribution in [0.4, 0.5) is 14.9 Å². The highest BCUT2D eigenvalue weighted by Crippen LogP contribution is 2.22. The normalized spacial score (nSPS) is 10.9. The van der Waals surface area contributed by atoms with Crippen molar-refractivity contribution < 1.29 is 18.7 Å². The molecule has 6 heteroatoms. The van der Waals surface area contributed by atoms with Crippen LogP contribution in [0.25, 0.3) is 0 Å². The van der Waals surface area contributed by atoms with Crippen LogP contribution in [0.2, 0.25) is 0 Å². The number of halogens is 1. The van der Waals surface area contributed by atoms with Crippen molar-refractivity contribution in [2.75, 3.05) is 18.5 Å². The summed E-state index contributed by atoms with van der Waals surface area (Å²) in [5.74, 6) is -0.689. The van der Waals surface area contributed by atoms with E-state index in [4.69, 9.17) is 4.74 Å². The van der Waals surface area contributed by atoms with E-state index in [1.165, 1.54) is 12.1 Å². The number of benzene rings is 2. The van der Waals surface area contributed by atoms with E-state index >= 15 is 0 Å².